The molecule has 0 heterocycles. The van der Waals surface area contributed by atoms with E-state index in [1.165, 1.54) is 0 Å². The van der Waals surface area contributed by atoms with Gasteiger partial charge >= 0.3 is 0 Å². The molecule has 98 valence electrons. The highest BCUT2D eigenvalue weighted by molar-refractivity contribution is 6.32. The van der Waals surface area contributed by atoms with Gasteiger partial charge in [0.1, 0.15) is 5.75 Å². The number of carbonyl (C=O) groups is 1. The minimum Gasteiger partial charge on any atom is -0.481 e. The van der Waals surface area contributed by atoms with Gasteiger partial charge in [0.25, 0.3) is 0 Å². The summed E-state index contributed by atoms with van der Waals surface area (Å²) in [5.41, 5.74) is 0.520. The van der Waals surface area contributed by atoms with Crippen LogP contribution in [0.15, 0.2) is 48.5 Å². The molecule has 2 aromatic rings. The minimum absolute atomic E-state index is 0.137. The zero-order valence-electron chi connectivity index (χ0n) is 10.3. The van der Waals surface area contributed by atoms with Crippen LogP contribution in [0.5, 0.6) is 5.75 Å². The molecule has 2 rings (SSSR count). The van der Waals surface area contributed by atoms with Gasteiger partial charge in [0.15, 0.2) is 6.10 Å². The summed E-state index contributed by atoms with van der Waals surface area (Å²) >= 11 is 11.9. The number of para-hydroxylation sites is 1. The van der Waals surface area contributed by atoms with Crippen LogP contribution >= 0.6 is 23.2 Å². The Labute approximate surface area is 121 Å². The maximum Gasteiger partial charge on any atom is 0.203 e. The molecule has 4 heteroatoms. The first kappa shape index (κ1) is 13.9. The van der Waals surface area contributed by atoms with E-state index in [2.05, 4.69) is 0 Å². The van der Waals surface area contributed by atoms with Gasteiger partial charge in [-0.15, -0.1) is 0 Å². The molecule has 2 aromatic carbocycles. The Balaban J connectivity index is 2.14. The Morgan fingerprint density at radius 1 is 1.11 bits per heavy atom. The SMILES string of the molecule is CC(Oc1ccccc1Cl)C(=O)c1cccc(Cl)c1. The third-order valence-corrected chi connectivity index (χ3v) is 3.17. The first-order chi connectivity index (χ1) is 9.08. The number of rotatable bonds is 4. The van der Waals surface area contributed by atoms with Gasteiger partial charge in [-0.1, -0.05) is 47.5 Å². The van der Waals surface area contributed by atoms with Gasteiger partial charge < -0.3 is 4.74 Å². The van der Waals surface area contributed by atoms with E-state index in [1.807, 2.05) is 0 Å². The van der Waals surface area contributed by atoms with Crippen molar-refractivity contribution in [3.05, 3.63) is 64.1 Å². The van der Waals surface area contributed by atoms with Crippen molar-refractivity contribution in [1.82, 2.24) is 0 Å². The average molecular weight is 295 g/mol. The lowest BCUT2D eigenvalue weighted by molar-refractivity contribution is 0.0818. The van der Waals surface area contributed by atoms with Crippen molar-refractivity contribution < 1.29 is 9.53 Å². The first-order valence-corrected chi connectivity index (χ1v) is 6.54. The summed E-state index contributed by atoms with van der Waals surface area (Å²) in [5, 5.41) is 1.00. The van der Waals surface area contributed by atoms with E-state index in [1.54, 1.807) is 55.5 Å². The van der Waals surface area contributed by atoms with Crippen molar-refractivity contribution in [3.63, 3.8) is 0 Å². The molecule has 0 aromatic heterocycles. The summed E-state index contributed by atoms with van der Waals surface area (Å²) in [5.74, 6) is 0.356. The van der Waals surface area contributed by atoms with Gasteiger partial charge in [-0.2, -0.15) is 0 Å². The molecular weight excluding hydrogens is 283 g/mol. The van der Waals surface area contributed by atoms with Crippen molar-refractivity contribution >= 4 is 29.0 Å². The number of halogens is 2. The van der Waals surface area contributed by atoms with E-state index in [0.717, 1.165) is 0 Å². The second-order valence-corrected chi connectivity index (χ2v) is 4.91. The van der Waals surface area contributed by atoms with Gasteiger partial charge in [0.05, 0.1) is 5.02 Å². The number of benzene rings is 2. The number of hydrogen-bond acceptors (Lipinski definition) is 2. The molecule has 0 bridgehead atoms. The summed E-state index contributed by atoms with van der Waals surface area (Å²) in [6, 6.07) is 13.8. The Hall–Kier alpha value is -1.51. The van der Waals surface area contributed by atoms with Crippen molar-refractivity contribution in [2.75, 3.05) is 0 Å². The number of carbonyl (C=O) groups excluding carboxylic acids is 1. The normalized spacial score (nSPS) is 11.9. The van der Waals surface area contributed by atoms with Crippen LogP contribution in [0.25, 0.3) is 0 Å². The van der Waals surface area contributed by atoms with Gasteiger partial charge in [-0.3, -0.25) is 4.79 Å². The van der Waals surface area contributed by atoms with E-state index >= 15 is 0 Å². The fraction of sp³-hybridized carbons (Fsp3) is 0.133. The molecule has 0 aliphatic rings. The Morgan fingerprint density at radius 2 is 1.84 bits per heavy atom. The van der Waals surface area contributed by atoms with Crippen LogP contribution in [0.3, 0.4) is 0 Å². The van der Waals surface area contributed by atoms with Crippen LogP contribution < -0.4 is 4.74 Å². The number of hydrogen-bond donors (Lipinski definition) is 0. The van der Waals surface area contributed by atoms with E-state index in [0.29, 0.717) is 21.4 Å². The summed E-state index contributed by atoms with van der Waals surface area (Å²) in [4.78, 5) is 12.2. The molecule has 1 unspecified atom stereocenters. The van der Waals surface area contributed by atoms with E-state index in [-0.39, 0.29) is 5.78 Å². The highest BCUT2D eigenvalue weighted by atomic mass is 35.5. The molecular formula is C15H12Cl2O2. The number of Topliss-reactive ketones (excluding diaryl/α,β-unsaturated/α-hetero) is 1. The van der Waals surface area contributed by atoms with Gasteiger partial charge in [0.2, 0.25) is 5.78 Å². The monoisotopic (exact) mass is 294 g/mol. The lowest BCUT2D eigenvalue weighted by Crippen LogP contribution is -2.24. The smallest absolute Gasteiger partial charge is 0.203 e. The van der Waals surface area contributed by atoms with Crippen LogP contribution in [-0.4, -0.2) is 11.9 Å². The van der Waals surface area contributed by atoms with Gasteiger partial charge in [-0.05, 0) is 31.2 Å². The van der Waals surface area contributed by atoms with Crippen molar-refractivity contribution in [2.45, 2.75) is 13.0 Å². The zero-order valence-corrected chi connectivity index (χ0v) is 11.8. The lowest BCUT2D eigenvalue weighted by atomic mass is 10.1. The minimum atomic E-state index is -0.627. The summed E-state index contributed by atoms with van der Waals surface area (Å²) in [7, 11) is 0. The zero-order chi connectivity index (χ0) is 13.8. The van der Waals surface area contributed by atoms with Gasteiger partial charge in [0, 0.05) is 10.6 Å². The van der Waals surface area contributed by atoms with Crippen LogP contribution in [0.2, 0.25) is 10.0 Å². The highest BCUT2D eigenvalue weighted by Gasteiger charge is 2.18. The molecule has 0 spiro atoms. The molecule has 0 aliphatic carbocycles. The molecule has 2 nitrogen and oxygen atoms in total. The summed E-state index contributed by atoms with van der Waals surface area (Å²) in [6.07, 6.45) is -0.627. The molecule has 0 amide bonds. The maximum absolute atomic E-state index is 12.2. The fourth-order valence-corrected chi connectivity index (χ4v) is 2.03. The van der Waals surface area contributed by atoms with E-state index in [4.69, 9.17) is 27.9 Å². The Kier molecular flexibility index (Phi) is 4.46. The van der Waals surface area contributed by atoms with Crippen molar-refractivity contribution in [1.29, 1.82) is 0 Å². The predicted octanol–water partition coefficient (Wildman–Crippen LogP) is 4.64. The number of ketones is 1. The summed E-state index contributed by atoms with van der Waals surface area (Å²) < 4.78 is 5.58. The second kappa shape index (κ2) is 6.09. The molecule has 1 atom stereocenters. The largest absolute Gasteiger partial charge is 0.481 e. The van der Waals surface area contributed by atoms with Crippen LogP contribution in [0, 0.1) is 0 Å². The van der Waals surface area contributed by atoms with Crippen molar-refractivity contribution in [2.24, 2.45) is 0 Å². The fourth-order valence-electron chi connectivity index (χ4n) is 1.66. The Bertz CT molecular complexity index is 596. The highest BCUT2D eigenvalue weighted by Crippen LogP contribution is 2.25. The third kappa shape index (κ3) is 3.49. The quantitative estimate of drug-likeness (QED) is 0.768. The standard InChI is InChI=1S/C15H12Cl2O2/c1-10(19-14-8-3-2-7-13(14)17)15(18)11-5-4-6-12(16)9-11/h2-10H,1H3. The average Bonchev–Trinajstić information content (AvgIpc) is 2.40. The summed E-state index contributed by atoms with van der Waals surface area (Å²) in [6.45, 7) is 1.69. The third-order valence-electron chi connectivity index (χ3n) is 2.62. The molecule has 0 radical (unpaired) electrons. The van der Waals surface area contributed by atoms with Crippen LogP contribution in [-0.2, 0) is 0 Å². The molecule has 0 saturated carbocycles. The molecule has 0 N–H and O–H groups in total. The van der Waals surface area contributed by atoms with Crippen LogP contribution in [0.4, 0.5) is 0 Å². The Morgan fingerprint density at radius 3 is 2.53 bits per heavy atom. The topological polar surface area (TPSA) is 26.3 Å². The van der Waals surface area contributed by atoms with Crippen molar-refractivity contribution in [3.8, 4) is 5.75 Å². The maximum atomic E-state index is 12.2. The van der Waals surface area contributed by atoms with Gasteiger partial charge in [-0.25, -0.2) is 0 Å². The van der Waals surface area contributed by atoms with E-state index < -0.39 is 6.10 Å². The second-order valence-electron chi connectivity index (χ2n) is 4.07. The molecule has 19 heavy (non-hydrogen) atoms. The molecule has 0 saturated heterocycles. The van der Waals surface area contributed by atoms with E-state index in [9.17, 15) is 4.79 Å². The first-order valence-electron chi connectivity index (χ1n) is 5.79. The lowest BCUT2D eigenvalue weighted by Gasteiger charge is -2.14. The number of ether oxygens (including phenoxy) is 1. The molecule has 0 aliphatic heterocycles. The molecule has 0 fully saturated rings. The predicted molar refractivity (Wildman–Crippen MR) is 77.3 cm³/mol. The van der Waals surface area contributed by atoms with Crippen LogP contribution in [0.1, 0.15) is 17.3 Å².